The van der Waals surface area contributed by atoms with E-state index in [-0.39, 0.29) is 28.4 Å². The molecule has 0 radical (unpaired) electrons. The molecule has 0 aliphatic heterocycles. The van der Waals surface area contributed by atoms with E-state index in [2.05, 4.69) is 12.1 Å². The first-order valence-corrected chi connectivity index (χ1v) is 9.15. The summed E-state index contributed by atoms with van der Waals surface area (Å²) in [5.74, 6) is -0.442. The predicted molar refractivity (Wildman–Crippen MR) is 99.4 cm³/mol. The molecule has 0 bridgehead atoms. The molecule has 0 spiro atoms. The summed E-state index contributed by atoms with van der Waals surface area (Å²) in [7, 11) is 0. The maximum absolute atomic E-state index is 10.3. The molecule has 134 valence electrons. The van der Waals surface area contributed by atoms with Gasteiger partial charge in [-0.05, 0) is 76.9 Å². The summed E-state index contributed by atoms with van der Waals surface area (Å²) in [6.45, 7) is 0. The minimum atomic E-state index is -0.482. The molecule has 6 rings (SSSR count). The van der Waals surface area contributed by atoms with Crippen LogP contribution < -0.4 is 0 Å². The third-order valence-corrected chi connectivity index (χ3v) is 7.01. The Labute approximate surface area is 156 Å². The second-order valence-electron chi connectivity index (χ2n) is 8.21. The van der Waals surface area contributed by atoms with Crippen molar-refractivity contribution in [3.8, 4) is 23.0 Å². The number of phenolic OH excluding ortho intramolecular Hbond substituents is 4. The van der Waals surface area contributed by atoms with E-state index in [0.29, 0.717) is 0 Å². The molecule has 0 saturated heterocycles. The molecular formula is C23H18O4. The highest BCUT2D eigenvalue weighted by atomic mass is 16.3. The van der Waals surface area contributed by atoms with Crippen molar-refractivity contribution < 1.29 is 20.4 Å². The van der Waals surface area contributed by atoms with Gasteiger partial charge in [-0.25, -0.2) is 0 Å². The molecule has 0 saturated carbocycles. The van der Waals surface area contributed by atoms with Crippen molar-refractivity contribution in [3.05, 3.63) is 81.9 Å². The van der Waals surface area contributed by atoms with Crippen LogP contribution in [0.4, 0.5) is 0 Å². The lowest BCUT2D eigenvalue weighted by molar-refractivity contribution is 0.256. The summed E-state index contributed by atoms with van der Waals surface area (Å²) in [6, 6.07) is 15.1. The first kappa shape index (κ1) is 15.0. The largest absolute Gasteiger partial charge is 0.504 e. The molecule has 27 heavy (non-hydrogen) atoms. The monoisotopic (exact) mass is 358 g/mol. The number of aromatic hydroxyl groups is 4. The lowest BCUT2D eigenvalue weighted by Gasteiger charge is -2.37. The minimum absolute atomic E-state index is 0.0957. The normalized spacial score (nSPS) is 26.2. The third kappa shape index (κ3) is 1.48. The zero-order valence-corrected chi connectivity index (χ0v) is 14.5. The van der Waals surface area contributed by atoms with Crippen LogP contribution in [-0.4, -0.2) is 20.4 Å². The second-order valence-corrected chi connectivity index (χ2v) is 8.21. The standard InChI is InChI=1S/C23H18O4/c24-18-5-13-10-22-9-12-3-1-2-4-15(12)23(22,16(13)7-20(18)26)17-8-21(27)19(25)6-14(17)11-22/h1-8,24-27H,9-11H2. The van der Waals surface area contributed by atoms with Crippen LogP contribution >= 0.6 is 0 Å². The molecule has 0 amide bonds. The van der Waals surface area contributed by atoms with E-state index in [9.17, 15) is 20.4 Å². The van der Waals surface area contributed by atoms with E-state index < -0.39 is 5.41 Å². The van der Waals surface area contributed by atoms with Crippen LogP contribution in [0.2, 0.25) is 0 Å². The molecule has 0 unspecified atom stereocenters. The van der Waals surface area contributed by atoms with Gasteiger partial charge in [0.05, 0.1) is 5.41 Å². The number of fused-ring (bicyclic) bond motifs is 3. The van der Waals surface area contributed by atoms with Crippen molar-refractivity contribution in [1.82, 2.24) is 0 Å². The minimum Gasteiger partial charge on any atom is -0.504 e. The molecule has 0 aromatic heterocycles. The van der Waals surface area contributed by atoms with E-state index in [4.69, 9.17) is 0 Å². The number of phenols is 4. The van der Waals surface area contributed by atoms with Gasteiger partial charge in [0, 0.05) is 5.41 Å². The van der Waals surface area contributed by atoms with Crippen molar-refractivity contribution in [2.75, 3.05) is 0 Å². The fourth-order valence-corrected chi connectivity index (χ4v) is 6.24. The van der Waals surface area contributed by atoms with E-state index in [1.807, 2.05) is 12.1 Å². The Morgan fingerprint density at radius 1 is 0.556 bits per heavy atom. The van der Waals surface area contributed by atoms with Crippen molar-refractivity contribution in [2.45, 2.75) is 24.7 Å². The highest BCUT2D eigenvalue weighted by Crippen LogP contribution is 2.71. The third-order valence-electron chi connectivity index (χ3n) is 7.01. The quantitative estimate of drug-likeness (QED) is 0.464. The molecule has 3 aliphatic rings. The van der Waals surface area contributed by atoms with Crippen LogP contribution in [0.1, 0.15) is 33.4 Å². The van der Waals surface area contributed by atoms with Gasteiger partial charge in [0.2, 0.25) is 0 Å². The van der Waals surface area contributed by atoms with E-state index in [1.165, 1.54) is 11.1 Å². The topological polar surface area (TPSA) is 80.9 Å². The van der Waals surface area contributed by atoms with Crippen LogP contribution in [0, 0.1) is 5.41 Å². The van der Waals surface area contributed by atoms with E-state index in [1.54, 1.807) is 24.3 Å². The summed E-state index contributed by atoms with van der Waals surface area (Å²) in [5, 5.41) is 40.7. The Bertz CT molecular complexity index is 1100. The highest BCUT2D eigenvalue weighted by molar-refractivity contribution is 5.72. The maximum Gasteiger partial charge on any atom is 0.157 e. The maximum atomic E-state index is 10.3. The zero-order valence-electron chi connectivity index (χ0n) is 14.5. The lowest BCUT2D eigenvalue weighted by Crippen LogP contribution is -2.37. The number of hydrogen-bond acceptors (Lipinski definition) is 4. The fourth-order valence-electron chi connectivity index (χ4n) is 6.24. The van der Waals surface area contributed by atoms with Crippen LogP contribution in [0.3, 0.4) is 0 Å². The molecule has 0 heterocycles. The van der Waals surface area contributed by atoms with E-state index >= 15 is 0 Å². The highest BCUT2D eigenvalue weighted by Gasteiger charge is 2.67. The van der Waals surface area contributed by atoms with Crippen molar-refractivity contribution >= 4 is 0 Å². The van der Waals surface area contributed by atoms with Gasteiger partial charge < -0.3 is 20.4 Å². The van der Waals surface area contributed by atoms with Gasteiger partial charge in [0.15, 0.2) is 23.0 Å². The van der Waals surface area contributed by atoms with Gasteiger partial charge in [-0.15, -0.1) is 0 Å². The van der Waals surface area contributed by atoms with Crippen LogP contribution in [0.15, 0.2) is 48.5 Å². The smallest absolute Gasteiger partial charge is 0.157 e. The van der Waals surface area contributed by atoms with Crippen LogP contribution in [0.25, 0.3) is 0 Å². The predicted octanol–water partition coefficient (Wildman–Crippen LogP) is 3.50. The van der Waals surface area contributed by atoms with Gasteiger partial charge in [-0.3, -0.25) is 0 Å². The lowest BCUT2D eigenvalue weighted by atomic mass is 9.64. The van der Waals surface area contributed by atoms with Crippen molar-refractivity contribution in [3.63, 3.8) is 0 Å². The van der Waals surface area contributed by atoms with Crippen molar-refractivity contribution in [2.24, 2.45) is 5.41 Å². The molecule has 4 nitrogen and oxygen atoms in total. The van der Waals surface area contributed by atoms with Gasteiger partial charge in [0.25, 0.3) is 0 Å². The van der Waals surface area contributed by atoms with Gasteiger partial charge in [0.1, 0.15) is 0 Å². The van der Waals surface area contributed by atoms with E-state index in [0.717, 1.165) is 41.5 Å². The summed E-state index contributed by atoms with van der Waals surface area (Å²) in [5.41, 5.74) is 5.91. The summed E-state index contributed by atoms with van der Waals surface area (Å²) < 4.78 is 0. The average molecular weight is 358 g/mol. The molecule has 3 aromatic carbocycles. The average Bonchev–Trinajstić information content (AvgIpc) is 3.14. The molecule has 4 N–H and O–H groups in total. The molecule has 0 fully saturated rings. The Morgan fingerprint density at radius 2 is 1.04 bits per heavy atom. The Kier molecular flexibility index (Phi) is 2.44. The zero-order chi connectivity index (χ0) is 18.6. The molecule has 0 atom stereocenters. The molecule has 3 aromatic rings. The first-order valence-electron chi connectivity index (χ1n) is 9.15. The second kappa shape index (κ2) is 4.39. The summed E-state index contributed by atoms with van der Waals surface area (Å²) in [6.07, 6.45) is 2.44. The van der Waals surface area contributed by atoms with Crippen LogP contribution in [-0.2, 0) is 24.7 Å². The van der Waals surface area contributed by atoms with Crippen molar-refractivity contribution in [1.29, 1.82) is 0 Å². The van der Waals surface area contributed by atoms with Crippen LogP contribution in [0.5, 0.6) is 23.0 Å². The number of benzene rings is 3. The number of hydrogen-bond donors (Lipinski definition) is 4. The Morgan fingerprint density at radius 3 is 1.63 bits per heavy atom. The summed E-state index contributed by atoms with van der Waals surface area (Å²) in [4.78, 5) is 0. The Hall–Kier alpha value is -3.14. The summed E-state index contributed by atoms with van der Waals surface area (Å²) >= 11 is 0. The number of rotatable bonds is 0. The first-order chi connectivity index (χ1) is 13.0. The Balaban J connectivity index is 1.79. The SMILES string of the molecule is Oc1cc2c(cc1O)C13c4ccccc4CC1(C2)Cc1cc(O)c(O)cc13. The fraction of sp³-hybridized carbons (Fsp3) is 0.217. The van der Waals surface area contributed by atoms with Gasteiger partial charge in [-0.2, -0.15) is 0 Å². The molecule has 3 aliphatic carbocycles. The van der Waals surface area contributed by atoms with Gasteiger partial charge in [-0.1, -0.05) is 24.3 Å². The molecular weight excluding hydrogens is 340 g/mol. The molecule has 4 heteroatoms. The van der Waals surface area contributed by atoms with Gasteiger partial charge >= 0.3 is 0 Å².